The summed E-state index contributed by atoms with van der Waals surface area (Å²) in [6.07, 6.45) is 4.50. The minimum atomic E-state index is -1.01. The van der Waals surface area contributed by atoms with Crippen LogP contribution in [0.3, 0.4) is 0 Å². The molecule has 2 fully saturated rings. The number of piperidine rings is 1. The molecule has 8 nitrogen and oxygen atoms in total. The van der Waals surface area contributed by atoms with Gasteiger partial charge in [0.05, 0.1) is 0 Å². The average molecular weight is 320 g/mol. The number of carboxylic acid groups (broad SMARTS) is 1. The normalized spacial score (nSPS) is 27.7. The van der Waals surface area contributed by atoms with Gasteiger partial charge in [0, 0.05) is 31.5 Å². The van der Waals surface area contributed by atoms with Crippen LogP contribution in [0.2, 0.25) is 0 Å². The summed E-state index contributed by atoms with van der Waals surface area (Å²) >= 11 is 0. The lowest BCUT2D eigenvalue weighted by molar-refractivity contribution is -0.151. The molecule has 0 spiro atoms. The molecule has 0 aliphatic carbocycles. The van der Waals surface area contributed by atoms with Crippen molar-refractivity contribution in [3.63, 3.8) is 0 Å². The molecule has 3 atom stereocenters. The number of amides is 1. The van der Waals surface area contributed by atoms with Crippen LogP contribution in [0.4, 0.5) is 5.95 Å². The topological polar surface area (TPSA) is 105 Å². The van der Waals surface area contributed by atoms with Crippen LogP contribution in [-0.4, -0.2) is 58.3 Å². The Morgan fingerprint density at radius 2 is 1.96 bits per heavy atom. The van der Waals surface area contributed by atoms with Crippen LogP contribution in [0, 0.1) is 0 Å². The molecule has 1 aromatic heterocycles. The molecule has 2 aliphatic rings. The Hall–Kier alpha value is -2.22. The summed E-state index contributed by atoms with van der Waals surface area (Å²) in [4.78, 5) is 33.6. The summed E-state index contributed by atoms with van der Waals surface area (Å²) in [6.45, 7) is 1.50. The van der Waals surface area contributed by atoms with Gasteiger partial charge in [0.15, 0.2) is 6.10 Å². The Labute approximate surface area is 133 Å². The van der Waals surface area contributed by atoms with E-state index in [1.165, 1.54) is 0 Å². The third-order valence-electron chi connectivity index (χ3n) is 4.19. The molecule has 1 amide bonds. The molecule has 124 valence electrons. The average Bonchev–Trinajstić information content (AvgIpc) is 3.06. The zero-order valence-electron chi connectivity index (χ0n) is 12.7. The highest BCUT2D eigenvalue weighted by Gasteiger charge is 2.35. The summed E-state index contributed by atoms with van der Waals surface area (Å²) < 4.78 is 5.29. The number of hydrogen-bond donors (Lipinski definition) is 2. The predicted molar refractivity (Wildman–Crippen MR) is 80.9 cm³/mol. The monoisotopic (exact) mass is 320 g/mol. The van der Waals surface area contributed by atoms with Crippen molar-refractivity contribution in [2.75, 3.05) is 18.0 Å². The lowest BCUT2D eigenvalue weighted by atomic mass is 10.1. The van der Waals surface area contributed by atoms with Gasteiger partial charge in [0.2, 0.25) is 11.9 Å². The van der Waals surface area contributed by atoms with Crippen LogP contribution in [0.1, 0.15) is 25.7 Å². The smallest absolute Gasteiger partial charge is 0.332 e. The van der Waals surface area contributed by atoms with E-state index in [0.717, 1.165) is 19.4 Å². The molecule has 1 unspecified atom stereocenters. The summed E-state index contributed by atoms with van der Waals surface area (Å²) in [5.74, 6) is -0.575. The van der Waals surface area contributed by atoms with E-state index in [-0.39, 0.29) is 11.9 Å². The van der Waals surface area contributed by atoms with Crippen LogP contribution in [0.5, 0.6) is 0 Å². The van der Waals surface area contributed by atoms with Crippen molar-refractivity contribution < 1.29 is 19.4 Å². The fraction of sp³-hybridized carbons (Fsp3) is 0.600. The number of rotatable bonds is 4. The number of hydrogen-bond acceptors (Lipinski definition) is 6. The standard InChI is InChI=1S/C15H20N4O4/c20-13(11-4-5-12(23-11)14(21)22)18-10-3-1-8-19(9-10)15-16-6-2-7-17-15/h2,6-7,10-12H,1,3-5,8-9H2,(H,18,20)(H,21,22)/t10?,11-,12+/m0/s1. The van der Waals surface area contributed by atoms with Crippen LogP contribution in [-0.2, 0) is 14.3 Å². The van der Waals surface area contributed by atoms with Crippen molar-refractivity contribution in [3.8, 4) is 0 Å². The lowest BCUT2D eigenvalue weighted by Gasteiger charge is -2.33. The van der Waals surface area contributed by atoms with E-state index in [9.17, 15) is 9.59 Å². The molecule has 2 N–H and O–H groups in total. The molecule has 0 radical (unpaired) electrons. The van der Waals surface area contributed by atoms with Gasteiger partial charge in [-0.15, -0.1) is 0 Å². The number of carbonyl (C=O) groups excluding carboxylic acids is 1. The van der Waals surface area contributed by atoms with Crippen molar-refractivity contribution in [3.05, 3.63) is 18.5 Å². The van der Waals surface area contributed by atoms with Crippen molar-refractivity contribution >= 4 is 17.8 Å². The molecule has 23 heavy (non-hydrogen) atoms. The fourth-order valence-corrected chi connectivity index (χ4v) is 3.04. The van der Waals surface area contributed by atoms with E-state index in [0.29, 0.717) is 25.3 Å². The van der Waals surface area contributed by atoms with Crippen molar-refractivity contribution in [2.45, 2.75) is 43.9 Å². The first-order chi connectivity index (χ1) is 11.1. The van der Waals surface area contributed by atoms with Gasteiger partial charge in [-0.3, -0.25) is 4.79 Å². The second-order valence-corrected chi connectivity index (χ2v) is 5.87. The van der Waals surface area contributed by atoms with E-state index in [1.54, 1.807) is 18.5 Å². The van der Waals surface area contributed by atoms with Crippen LogP contribution >= 0.6 is 0 Å². The highest BCUT2D eigenvalue weighted by atomic mass is 16.5. The minimum absolute atomic E-state index is 0.00691. The van der Waals surface area contributed by atoms with Crippen LogP contribution in [0.15, 0.2) is 18.5 Å². The SMILES string of the molecule is O=C(NC1CCCN(c2ncccn2)C1)[C@@H]1CC[C@H](C(=O)O)O1. The summed E-state index contributed by atoms with van der Waals surface area (Å²) in [7, 11) is 0. The highest BCUT2D eigenvalue weighted by molar-refractivity contribution is 5.82. The van der Waals surface area contributed by atoms with Gasteiger partial charge in [-0.25, -0.2) is 14.8 Å². The molecule has 8 heteroatoms. The molecular formula is C15H20N4O4. The summed E-state index contributed by atoms with van der Waals surface area (Å²) in [5.41, 5.74) is 0. The first-order valence-electron chi connectivity index (χ1n) is 7.84. The maximum atomic E-state index is 12.2. The predicted octanol–water partition coefficient (Wildman–Crippen LogP) is 0.194. The third kappa shape index (κ3) is 3.76. The van der Waals surface area contributed by atoms with E-state index in [4.69, 9.17) is 9.84 Å². The molecule has 0 aromatic carbocycles. The van der Waals surface area contributed by atoms with Gasteiger partial charge in [-0.2, -0.15) is 0 Å². The molecule has 3 heterocycles. The first-order valence-corrected chi connectivity index (χ1v) is 7.84. The van der Waals surface area contributed by atoms with Crippen molar-refractivity contribution in [2.24, 2.45) is 0 Å². The van der Waals surface area contributed by atoms with Crippen molar-refractivity contribution in [1.82, 2.24) is 15.3 Å². The largest absolute Gasteiger partial charge is 0.479 e. The van der Waals surface area contributed by atoms with Gasteiger partial charge >= 0.3 is 5.97 Å². The Morgan fingerprint density at radius 3 is 2.65 bits per heavy atom. The Kier molecular flexibility index (Phi) is 4.71. The molecule has 0 bridgehead atoms. The number of aromatic nitrogens is 2. The molecular weight excluding hydrogens is 300 g/mol. The van der Waals surface area contributed by atoms with Gasteiger partial charge in [-0.1, -0.05) is 0 Å². The van der Waals surface area contributed by atoms with Gasteiger partial charge in [0.25, 0.3) is 0 Å². The van der Waals surface area contributed by atoms with Gasteiger partial charge < -0.3 is 20.1 Å². The molecule has 1 aromatic rings. The van der Waals surface area contributed by atoms with Crippen LogP contribution in [0.25, 0.3) is 0 Å². The molecule has 0 saturated carbocycles. The third-order valence-corrected chi connectivity index (χ3v) is 4.19. The minimum Gasteiger partial charge on any atom is -0.479 e. The second-order valence-electron chi connectivity index (χ2n) is 5.87. The first kappa shape index (κ1) is 15.7. The number of nitrogens with one attached hydrogen (secondary N) is 1. The summed E-state index contributed by atoms with van der Waals surface area (Å²) in [5, 5.41) is 11.9. The number of aliphatic carboxylic acids is 1. The zero-order valence-corrected chi connectivity index (χ0v) is 12.7. The van der Waals surface area contributed by atoms with Gasteiger partial charge in [-0.05, 0) is 31.7 Å². The lowest BCUT2D eigenvalue weighted by Crippen LogP contribution is -2.50. The number of carbonyl (C=O) groups is 2. The van der Waals surface area contributed by atoms with E-state index < -0.39 is 18.2 Å². The Bertz CT molecular complexity index is 568. The Morgan fingerprint density at radius 1 is 1.22 bits per heavy atom. The number of ether oxygens (including phenoxy) is 1. The van der Waals surface area contributed by atoms with E-state index in [2.05, 4.69) is 15.3 Å². The maximum Gasteiger partial charge on any atom is 0.332 e. The quantitative estimate of drug-likeness (QED) is 0.816. The van der Waals surface area contributed by atoms with Gasteiger partial charge in [0.1, 0.15) is 6.10 Å². The van der Waals surface area contributed by atoms with Crippen molar-refractivity contribution in [1.29, 1.82) is 0 Å². The van der Waals surface area contributed by atoms with Crippen LogP contribution < -0.4 is 10.2 Å². The second kappa shape index (κ2) is 6.91. The molecule has 2 saturated heterocycles. The summed E-state index contributed by atoms with van der Waals surface area (Å²) in [6, 6.07) is 1.76. The highest BCUT2D eigenvalue weighted by Crippen LogP contribution is 2.21. The zero-order chi connectivity index (χ0) is 16.2. The van der Waals surface area contributed by atoms with E-state index in [1.807, 2.05) is 4.90 Å². The number of carboxylic acids is 1. The maximum absolute atomic E-state index is 12.2. The van der Waals surface area contributed by atoms with E-state index >= 15 is 0 Å². The Balaban J connectivity index is 1.54. The fourth-order valence-electron chi connectivity index (χ4n) is 3.04. The number of nitrogens with zero attached hydrogens (tertiary/aromatic N) is 3. The molecule has 3 rings (SSSR count). The molecule has 2 aliphatic heterocycles. The number of anilines is 1.